The first kappa shape index (κ1) is 14.4. The molecule has 4 heteroatoms. The maximum atomic E-state index is 12.2. The Bertz CT molecular complexity index is 513. The van der Waals surface area contributed by atoms with Crippen LogP contribution in [0, 0.1) is 0 Å². The lowest BCUT2D eigenvalue weighted by Gasteiger charge is -2.24. The third-order valence-corrected chi connectivity index (χ3v) is 4.78. The van der Waals surface area contributed by atoms with E-state index >= 15 is 0 Å². The third-order valence-electron chi connectivity index (χ3n) is 4.78. The van der Waals surface area contributed by atoms with E-state index in [9.17, 15) is 4.79 Å². The Morgan fingerprint density at radius 2 is 2.19 bits per heavy atom. The fourth-order valence-corrected chi connectivity index (χ4v) is 3.08. The number of nitrogens with zero attached hydrogens (tertiary/aromatic N) is 1. The molecular formula is C17H25N3O. The molecule has 2 N–H and O–H groups in total. The summed E-state index contributed by atoms with van der Waals surface area (Å²) in [6.07, 6.45) is 3.18. The van der Waals surface area contributed by atoms with Crippen LogP contribution < -0.4 is 10.6 Å². The molecule has 1 saturated carbocycles. The molecule has 4 nitrogen and oxygen atoms in total. The molecular weight excluding hydrogens is 262 g/mol. The molecule has 1 aromatic rings. The van der Waals surface area contributed by atoms with E-state index in [1.54, 1.807) is 0 Å². The minimum atomic E-state index is 0.162. The molecule has 0 aromatic heterocycles. The highest BCUT2D eigenvalue weighted by Crippen LogP contribution is 2.33. The molecule has 1 amide bonds. The van der Waals surface area contributed by atoms with Crippen molar-refractivity contribution in [1.29, 1.82) is 0 Å². The van der Waals surface area contributed by atoms with Crippen LogP contribution in [0.1, 0.15) is 37.7 Å². The molecule has 0 saturated heterocycles. The van der Waals surface area contributed by atoms with E-state index in [-0.39, 0.29) is 5.91 Å². The first-order valence-corrected chi connectivity index (χ1v) is 7.96. The molecule has 1 aromatic carbocycles. The van der Waals surface area contributed by atoms with E-state index < -0.39 is 0 Å². The number of carbonyl (C=O) groups excluding carboxylic acids is 1. The van der Waals surface area contributed by atoms with Crippen LogP contribution in [-0.4, -0.2) is 43.0 Å². The quantitative estimate of drug-likeness (QED) is 0.843. The standard InChI is InChI=1S/C17H25N3O/c1-12(20(2)14-7-8-14)10-19-17(21)9-13-11-18-16-6-4-3-5-15(13)16/h3-6,12-14,18H,7-11H2,1-2H3,(H,19,21). The highest BCUT2D eigenvalue weighted by Gasteiger charge is 2.29. The van der Waals surface area contributed by atoms with Crippen molar-refractivity contribution in [1.82, 2.24) is 10.2 Å². The van der Waals surface area contributed by atoms with Gasteiger partial charge in [0.2, 0.25) is 5.91 Å². The van der Waals surface area contributed by atoms with Gasteiger partial charge >= 0.3 is 0 Å². The van der Waals surface area contributed by atoms with Crippen molar-refractivity contribution in [2.45, 2.75) is 44.2 Å². The summed E-state index contributed by atoms with van der Waals surface area (Å²) in [5, 5.41) is 6.47. The second-order valence-electron chi connectivity index (χ2n) is 6.42. The minimum absolute atomic E-state index is 0.162. The van der Waals surface area contributed by atoms with Crippen molar-refractivity contribution in [2.24, 2.45) is 0 Å². The minimum Gasteiger partial charge on any atom is -0.384 e. The molecule has 2 unspecified atom stereocenters. The van der Waals surface area contributed by atoms with Crippen LogP contribution in [0.3, 0.4) is 0 Å². The fourth-order valence-electron chi connectivity index (χ4n) is 3.08. The van der Waals surface area contributed by atoms with Crippen molar-refractivity contribution in [3.63, 3.8) is 0 Å². The molecule has 1 fully saturated rings. The molecule has 1 aliphatic heterocycles. The fraction of sp³-hybridized carbons (Fsp3) is 0.588. The number of nitrogens with one attached hydrogen (secondary N) is 2. The number of amides is 1. The lowest BCUT2D eigenvalue weighted by Crippen LogP contribution is -2.41. The van der Waals surface area contributed by atoms with Crippen molar-refractivity contribution in [2.75, 3.05) is 25.5 Å². The van der Waals surface area contributed by atoms with Gasteiger partial charge in [0.25, 0.3) is 0 Å². The largest absolute Gasteiger partial charge is 0.384 e. The summed E-state index contributed by atoms with van der Waals surface area (Å²) < 4.78 is 0. The third kappa shape index (κ3) is 3.38. The SMILES string of the molecule is CC(CNC(=O)CC1CNc2ccccc21)N(C)C1CC1. The number of likely N-dealkylation sites (N-methyl/N-ethyl adjacent to an activating group) is 1. The second-order valence-corrected chi connectivity index (χ2v) is 6.42. The number of hydrogen-bond acceptors (Lipinski definition) is 3. The monoisotopic (exact) mass is 287 g/mol. The number of anilines is 1. The summed E-state index contributed by atoms with van der Waals surface area (Å²) in [5.41, 5.74) is 2.45. The van der Waals surface area contributed by atoms with Gasteiger partial charge in [-0.1, -0.05) is 18.2 Å². The van der Waals surface area contributed by atoms with Gasteiger partial charge in [-0.25, -0.2) is 0 Å². The van der Waals surface area contributed by atoms with Crippen LogP contribution in [0.4, 0.5) is 5.69 Å². The van der Waals surface area contributed by atoms with Gasteiger partial charge in [0, 0.05) is 43.2 Å². The molecule has 2 aliphatic rings. The highest BCUT2D eigenvalue weighted by atomic mass is 16.1. The van der Waals surface area contributed by atoms with Gasteiger partial charge in [-0.2, -0.15) is 0 Å². The summed E-state index contributed by atoms with van der Waals surface area (Å²) in [5.74, 6) is 0.465. The van der Waals surface area contributed by atoms with E-state index in [4.69, 9.17) is 0 Å². The van der Waals surface area contributed by atoms with Crippen molar-refractivity contribution in [3.8, 4) is 0 Å². The van der Waals surface area contributed by atoms with Crippen molar-refractivity contribution >= 4 is 11.6 Å². The van der Waals surface area contributed by atoms with Crippen molar-refractivity contribution < 1.29 is 4.79 Å². The second kappa shape index (κ2) is 6.06. The summed E-state index contributed by atoms with van der Waals surface area (Å²) in [6, 6.07) is 9.43. The number of para-hydroxylation sites is 1. The average molecular weight is 287 g/mol. The maximum absolute atomic E-state index is 12.2. The molecule has 21 heavy (non-hydrogen) atoms. The Morgan fingerprint density at radius 1 is 1.43 bits per heavy atom. The predicted octanol–water partition coefficient (Wildman–Crippen LogP) is 2.18. The molecule has 0 radical (unpaired) electrons. The molecule has 0 spiro atoms. The normalized spacial score (nSPS) is 21.8. The number of rotatable bonds is 6. The Kier molecular flexibility index (Phi) is 4.15. The van der Waals surface area contributed by atoms with E-state index in [2.05, 4.69) is 41.6 Å². The van der Waals surface area contributed by atoms with Crippen LogP contribution in [0.2, 0.25) is 0 Å². The highest BCUT2D eigenvalue weighted by molar-refractivity contribution is 5.78. The first-order chi connectivity index (χ1) is 10.1. The average Bonchev–Trinajstić information content (AvgIpc) is 3.27. The van der Waals surface area contributed by atoms with Gasteiger partial charge in [0.05, 0.1) is 0 Å². The zero-order valence-corrected chi connectivity index (χ0v) is 12.9. The van der Waals surface area contributed by atoms with Crippen LogP contribution in [0.15, 0.2) is 24.3 Å². The molecule has 3 rings (SSSR count). The maximum Gasteiger partial charge on any atom is 0.220 e. The smallest absolute Gasteiger partial charge is 0.220 e. The van der Waals surface area contributed by atoms with E-state index in [1.165, 1.54) is 24.1 Å². The Balaban J connectivity index is 1.46. The van der Waals surface area contributed by atoms with E-state index in [1.807, 2.05) is 12.1 Å². The number of carbonyl (C=O) groups is 1. The van der Waals surface area contributed by atoms with Crippen LogP contribution >= 0.6 is 0 Å². The topological polar surface area (TPSA) is 44.4 Å². The van der Waals surface area contributed by atoms with Gasteiger partial charge < -0.3 is 10.6 Å². The lowest BCUT2D eigenvalue weighted by atomic mass is 9.97. The van der Waals surface area contributed by atoms with Gasteiger partial charge in [-0.15, -0.1) is 0 Å². The Labute approximate surface area is 126 Å². The molecule has 2 atom stereocenters. The van der Waals surface area contributed by atoms with E-state index in [0.29, 0.717) is 18.4 Å². The number of fused-ring (bicyclic) bond motifs is 1. The zero-order valence-electron chi connectivity index (χ0n) is 12.9. The summed E-state index contributed by atoms with van der Waals surface area (Å²) in [4.78, 5) is 14.5. The lowest BCUT2D eigenvalue weighted by molar-refractivity contribution is -0.121. The Morgan fingerprint density at radius 3 is 2.95 bits per heavy atom. The van der Waals surface area contributed by atoms with Gasteiger partial charge in [-0.05, 0) is 38.4 Å². The van der Waals surface area contributed by atoms with Gasteiger partial charge in [0.15, 0.2) is 0 Å². The summed E-state index contributed by atoms with van der Waals surface area (Å²) in [7, 11) is 2.16. The van der Waals surface area contributed by atoms with Crippen LogP contribution in [0.25, 0.3) is 0 Å². The first-order valence-electron chi connectivity index (χ1n) is 7.96. The van der Waals surface area contributed by atoms with E-state index in [0.717, 1.165) is 19.1 Å². The Hall–Kier alpha value is -1.55. The van der Waals surface area contributed by atoms with Gasteiger partial charge in [-0.3, -0.25) is 9.69 Å². The summed E-state index contributed by atoms with van der Waals surface area (Å²) >= 11 is 0. The number of hydrogen-bond donors (Lipinski definition) is 2. The molecule has 0 bridgehead atoms. The number of benzene rings is 1. The molecule has 114 valence electrons. The van der Waals surface area contributed by atoms with Crippen LogP contribution in [-0.2, 0) is 4.79 Å². The molecule has 1 aliphatic carbocycles. The van der Waals surface area contributed by atoms with Gasteiger partial charge in [0.1, 0.15) is 0 Å². The molecule has 1 heterocycles. The van der Waals surface area contributed by atoms with Crippen LogP contribution in [0.5, 0.6) is 0 Å². The summed E-state index contributed by atoms with van der Waals surface area (Å²) in [6.45, 7) is 3.79. The zero-order chi connectivity index (χ0) is 14.8. The van der Waals surface area contributed by atoms with Crippen molar-refractivity contribution in [3.05, 3.63) is 29.8 Å². The predicted molar refractivity (Wildman–Crippen MR) is 85.5 cm³/mol.